The van der Waals surface area contributed by atoms with E-state index in [0.717, 1.165) is 40.9 Å². The maximum atomic E-state index is 11.6. The first-order valence-electron chi connectivity index (χ1n) is 10.1. The SMILES string of the molecule is CCCCc1nc(Cl)c(CO)n1Cc1ccc2sc(-c3ccccc3C(=O)O)nc2c1. The van der Waals surface area contributed by atoms with Crippen LogP contribution >= 0.6 is 22.9 Å². The molecule has 0 spiro atoms. The summed E-state index contributed by atoms with van der Waals surface area (Å²) in [6.45, 7) is 2.48. The maximum absolute atomic E-state index is 11.6. The Kier molecular flexibility index (Phi) is 6.36. The molecule has 0 saturated carbocycles. The molecule has 31 heavy (non-hydrogen) atoms. The number of fused-ring (bicyclic) bond motifs is 1. The van der Waals surface area contributed by atoms with Gasteiger partial charge in [-0.15, -0.1) is 11.3 Å². The zero-order chi connectivity index (χ0) is 22.0. The maximum Gasteiger partial charge on any atom is 0.336 e. The van der Waals surface area contributed by atoms with Crippen LogP contribution in [0.2, 0.25) is 5.15 Å². The Morgan fingerprint density at radius 1 is 1.19 bits per heavy atom. The van der Waals surface area contributed by atoms with Crippen LogP contribution in [0, 0.1) is 0 Å². The second-order valence-corrected chi connectivity index (χ2v) is 8.67. The van der Waals surface area contributed by atoms with Crippen molar-refractivity contribution in [1.29, 1.82) is 0 Å². The van der Waals surface area contributed by atoms with Crippen molar-refractivity contribution in [3.63, 3.8) is 0 Å². The number of rotatable bonds is 8. The van der Waals surface area contributed by atoms with Crippen molar-refractivity contribution in [3.8, 4) is 10.6 Å². The summed E-state index contributed by atoms with van der Waals surface area (Å²) in [6.07, 6.45) is 2.84. The largest absolute Gasteiger partial charge is 0.478 e. The van der Waals surface area contributed by atoms with Gasteiger partial charge in [-0.1, -0.05) is 49.2 Å². The van der Waals surface area contributed by atoms with E-state index in [4.69, 9.17) is 16.6 Å². The molecule has 0 saturated heterocycles. The van der Waals surface area contributed by atoms with Gasteiger partial charge >= 0.3 is 5.97 Å². The van der Waals surface area contributed by atoms with Crippen molar-refractivity contribution in [2.45, 2.75) is 39.3 Å². The van der Waals surface area contributed by atoms with Crippen molar-refractivity contribution in [1.82, 2.24) is 14.5 Å². The number of nitrogens with zero attached hydrogens (tertiary/aromatic N) is 3. The van der Waals surface area contributed by atoms with Crippen LogP contribution in [0.1, 0.15) is 47.2 Å². The first-order chi connectivity index (χ1) is 15.0. The standard InChI is InChI=1S/C23H22ClN3O3S/c1-2-3-8-20-26-21(24)18(13-28)27(20)12-14-9-10-19-17(11-14)25-22(31-19)15-6-4-5-7-16(15)23(29)30/h4-7,9-11,28H,2-3,8,12-13H2,1H3,(H,29,30). The molecule has 0 bridgehead atoms. The number of unbranched alkanes of at least 4 members (excludes halogenated alkanes) is 1. The fourth-order valence-electron chi connectivity index (χ4n) is 3.59. The van der Waals surface area contributed by atoms with Gasteiger partial charge in [0.1, 0.15) is 10.8 Å². The molecule has 0 atom stereocenters. The predicted octanol–water partition coefficient (Wildman–Crippen LogP) is 5.39. The van der Waals surface area contributed by atoms with Crippen LogP contribution in [0.15, 0.2) is 42.5 Å². The minimum absolute atomic E-state index is 0.174. The van der Waals surface area contributed by atoms with E-state index in [1.807, 2.05) is 28.8 Å². The highest BCUT2D eigenvalue weighted by Crippen LogP contribution is 2.33. The zero-order valence-corrected chi connectivity index (χ0v) is 18.6. The monoisotopic (exact) mass is 455 g/mol. The van der Waals surface area contributed by atoms with E-state index in [9.17, 15) is 15.0 Å². The van der Waals surface area contributed by atoms with Crippen molar-refractivity contribution in [3.05, 3.63) is 70.3 Å². The number of hydrogen-bond donors (Lipinski definition) is 2. The number of imidazole rings is 1. The van der Waals surface area contributed by atoms with Crippen LogP contribution in [0.5, 0.6) is 0 Å². The summed E-state index contributed by atoms with van der Waals surface area (Å²) in [5.74, 6) is -0.103. The number of aliphatic hydroxyl groups is 1. The van der Waals surface area contributed by atoms with Gasteiger partial charge in [-0.25, -0.2) is 14.8 Å². The quantitative estimate of drug-likeness (QED) is 0.371. The van der Waals surface area contributed by atoms with Gasteiger partial charge in [-0.3, -0.25) is 0 Å². The Morgan fingerprint density at radius 3 is 2.74 bits per heavy atom. The third-order valence-corrected chi connectivity index (χ3v) is 6.56. The molecule has 0 aliphatic heterocycles. The Balaban J connectivity index is 1.70. The lowest BCUT2D eigenvalue weighted by Gasteiger charge is -2.11. The highest BCUT2D eigenvalue weighted by Gasteiger charge is 2.17. The fourth-order valence-corrected chi connectivity index (χ4v) is 4.84. The van der Waals surface area contributed by atoms with Crippen molar-refractivity contribution in [2.24, 2.45) is 0 Å². The molecule has 4 rings (SSSR count). The molecule has 0 unspecified atom stereocenters. The number of aromatic carboxylic acids is 1. The summed E-state index contributed by atoms with van der Waals surface area (Å²) in [5.41, 5.74) is 3.29. The minimum Gasteiger partial charge on any atom is -0.478 e. The molecule has 2 aromatic heterocycles. The van der Waals surface area contributed by atoms with Gasteiger partial charge in [0.2, 0.25) is 0 Å². The summed E-state index contributed by atoms with van der Waals surface area (Å²) < 4.78 is 2.96. The molecule has 2 aromatic carbocycles. The smallest absolute Gasteiger partial charge is 0.336 e. The fraction of sp³-hybridized carbons (Fsp3) is 0.261. The van der Waals surface area contributed by atoms with E-state index < -0.39 is 5.97 Å². The number of carbonyl (C=O) groups is 1. The van der Waals surface area contributed by atoms with Crippen LogP contribution in [0.25, 0.3) is 20.8 Å². The number of halogens is 1. The van der Waals surface area contributed by atoms with Gasteiger partial charge < -0.3 is 14.8 Å². The lowest BCUT2D eigenvalue weighted by Crippen LogP contribution is -2.09. The highest BCUT2D eigenvalue weighted by molar-refractivity contribution is 7.21. The molecule has 0 fully saturated rings. The number of carboxylic acid groups (broad SMARTS) is 1. The number of aryl methyl sites for hydroxylation is 1. The number of benzene rings is 2. The Bertz CT molecular complexity index is 1250. The van der Waals surface area contributed by atoms with Crippen molar-refractivity contribution >= 4 is 39.1 Å². The Labute approximate surface area is 188 Å². The van der Waals surface area contributed by atoms with Gasteiger partial charge in [-0.05, 0) is 30.2 Å². The third kappa shape index (κ3) is 4.35. The van der Waals surface area contributed by atoms with Crippen LogP contribution in [-0.4, -0.2) is 30.7 Å². The topological polar surface area (TPSA) is 88.2 Å². The molecule has 8 heteroatoms. The lowest BCUT2D eigenvalue weighted by molar-refractivity contribution is 0.0697. The highest BCUT2D eigenvalue weighted by atomic mass is 35.5. The predicted molar refractivity (Wildman–Crippen MR) is 123 cm³/mol. The number of aromatic nitrogens is 3. The second kappa shape index (κ2) is 9.18. The summed E-state index contributed by atoms with van der Waals surface area (Å²) in [4.78, 5) is 20.7. The normalized spacial score (nSPS) is 11.3. The number of hydrogen-bond acceptors (Lipinski definition) is 5. The Morgan fingerprint density at radius 2 is 2.00 bits per heavy atom. The van der Waals surface area contributed by atoms with E-state index in [0.29, 0.717) is 28.0 Å². The summed E-state index contributed by atoms with van der Waals surface area (Å²) in [5, 5.41) is 20.3. The van der Waals surface area contributed by atoms with Crippen LogP contribution < -0.4 is 0 Å². The molecule has 0 aliphatic carbocycles. The first-order valence-corrected chi connectivity index (χ1v) is 11.3. The van der Waals surface area contributed by atoms with Gasteiger partial charge in [0.15, 0.2) is 5.15 Å². The molecule has 2 heterocycles. The molecular formula is C23H22ClN3O3S. The van der Waals surface area contributed by atoms with Crippen LogP contribution in [0.4, 0.5) is 0 Å². The van der Waals surface area contributed by atoms with E-state index in [-0.39, 0.29) is 12.2 Å². The molecule has 0 radical (unpaired) electrons. The molecule has 0 amide bonds. The lowest BCUT2D eigenvalue weighted by atomic mass is 10.1. The zero-order valence-electron chi connectivity index (χ0n) is 17.0. The van der Waals surface area contributed by atoms with Crippen LogP contribution in [-0.2, 0) is 19.6 Å². The Hall–Kier alpha value is -2.74. The van der Waals surface area contributed by atoms with E-state index >= 15 is 0 Å². The summed E-state index contributed by atoms with van der Waals surface area (Å²) in [6, 6.07) is 12.9. The van der Waals surface area contributed by atoms with E-state index in [1.54, 1.807) is 18.2 Å². The van der Waals surface area contributed by atoms with Gasteiger partial charge in [0, 0.05) is 18.5 Å². The molecule has 6 nitrogen and oxygen atoms in total. The average molecular weight is 456 g/mol. The second-order valence-electron chi connectivity index (χ2n) is 7.29. The summed E-state index contributed by atoms with van der Waals surface area (Å²) >= 11 is 7.72. The average Bonchev–Trinajstić information content (AvgIpc) is 3.32. The molecule has 160 valence electrons. The molecule has 0 aliphatic rings. The molecule has 4 aromatic rings. The minimum atomic E-state index is -0.969. The van der Waals surface area contributed by atoms with Gasteiger partial charge in [0.05, 0.1) is 28.1 Å². The number of thiazole rings is 1. The van der Waals surface area contributed by atoms with Crippen molar-refractivity contribution in [2.75, 3.05) is 0 Å². The van der Waals surface area contributed by atoms with E-state index in [1.165, 1.54) is 11.3 Å². The first kappa shape index (κ1) is 21.5. The molecule has 2 N–H and O–H groups in total. The number of carboxylic acids is 1. The van der Waals surface area contributed by atoms with Gasteiger partial charge in [-0.2, -0.15) is 0 Å². The third-order valence-electron chi connectivity index (χ3n) is 5.19. The van der Waals surface area contributed by atoms with Crippen LogP contribution in [0.3, 0.4) is 0 Å². The van der Waals surface area contributed by atoms with Crippen molar-refractivity contribution < 1.29 is 15.0 Å². The van der Waals surface area contributed by atoms with Gasteiger partial charge in [0.25, 0.3) is 0 Å². The number of aliphatic hydroxyl groups excluding tert-OH is 1. The molecular weight excluding hydrogens is 434 g/mol. The van der Waals surface area contributed by atoms with E-state index in [2.05, 4.69) is 11.9 Å². The summed E-state index contributed by atoms with van der Waals surface area (Å²) in [7, 11) is 0.